The van der Waals surface area contributed by atoms with Crippen LogP contribution in [-0.4, -0.2) is 52.2 Å². The molecule has 1 aliphatic rings. The van der Waals surface area contributed by atoms with Crippen LogP contribution in [0.25, 0.3) is 22.5 Å². The van der Waals surface area contributed by atoms with Gasteiger partial charge in [0.2, 0.25) is 0 Å². The maximum atomic E-state index is 12.0. The van der Waals surface area contributed by atoms with E-state index in [1.807, 2.05) is 51.1 Å². The van der Waals surface area contributed by atoms with Crippen LogP contribution in [0, 0.1) is 0 Å². The fourth-order valence-corrected chi connectivity index (χ4v) is 3.52. The molecular formula is C24H28N6O3. The third kappa shape index (κ3) is 5.68. The Kier molecular flexibility index (Phi) is 6.30. The number of rotatable bonds is 6. The second-order valence-corrected chi connectivity index (χ2v) is 8.80. The lowest BCUT2D eigenvalue weighted by Crippen LogP contribution is -2.35. The minimum Gasteiger partial charge on any atom is -0.444 e. The first kappa shape index (κ1) is 22.3. The summed E-state index contributed by atoms with van der Waals surface area (Å²) in [5.74, 6) is 0.658. The Hall–Kier alpha value is -3.88. The molecule has 33 heavy (non-hydrogen) atoms. The molecule has 4 heterocycles. The summed E-state index contributed by atoms with van der Waals surface area (Å²) in [7, 11) is 0. The molecular weight excluding hydrogens is 420 g/mol. The molecule has 0 saturated carbocycles. The van der Waals surface area contributed by atoms with Crippen molar-refractivity contribution in [3.8, 4) is 22.5 Å². The first-order valence-electron chi connectivity index (χ1n) is 10.9. The maximum Gasteiger partial charge on any atom is 0.407 e. The lowest BCUT2D eigenvalue weighted by molar-refractivity contribution is 0.0530. The molecule has 0 aliphatic carbocycles. The zero-order valence-electron chi connectivity index (χ0n) is 19.0. The first-order chi connectivity index (χ1) is 15.8. The molecule has 0 radical (unpaired) electrons. The van der Waals surface area contributed by atoms with Crippen LogP contribution >= 0.6 is 0 Å². The van der Waals surface area contributed by atoms with Gasteiger partial charge in [-0.2, -0.15) is 0 Å². The van der Waals surface area contributed by atoms with E-state index < -0.39 is 11.7 Å². The minimum absolute atomic E-state index is 0.0402. The van der Waals surface area contributed by atoms with Gasteiger partial charge in [0.1, 0.15) is 11.4 Å². The summed E-state index contributed by atoms with van der Waals surface area (Å²) in [4.78, 5) is 36.0. The van der Waals surface area contributed by atoms with E-state index in [0.29, 0.717) is 31.0 Å². The number of hydrogen-bond acceptors (Lipinski definition) is 6. The lowest BCUT2D eigenvalue weighted by Gasteiger charge is -2.19. The number of fused-ring (bicyclic) bond motifs is 1. The topological polar surface area (TPSA) is 121 Å². The predicted molar refractivity (Wildman–Crippen MR) is 126 cm³/mol. The molecule has 3 aromatic rings. The average molecular weight is 449 g/mol. The first-order valence-corrected chi connectivity index (χ1v) is 10.9. The van der Waals surface area contributed by atoms with E-state index in [1.165, 1.54) is 0 Å². The summed E-state index contributed by atoms with van der Waals surface area (Å²) < 4.78 is 5.20. The summed E-state index contributed by atoms with van der Waals surface area (Å²) in [5, 5.41) is 8.73. The molecule has 9 nitrogen and oxygen atoms in total. The number of H-pyrrole nitrogens is 1. The van der Waals surface area contributed by atoms with Crippen molar-refractivity contribution in [1.82, 2.24) is 25.6 Å². The zero-order chi connectivity index (χ0) is 23.4. The van der Waals surface area contributed by atoms with Crippen molar-refractivity contribution in [1.29, 1.82) is 0 Å². The fraction of sp³-hybridized carbons (Fsp3) is 0.333. The number of hydrogen-bond donors (Lipinski definition) is 4. The van der Waals surface area contributed by atoms with Crippen molar-refractivity contribution >= 4 is 17.8 Å². The number of amides is 2. The minimum atomic E-state index is -0.519. The Morgan fingerprint density at radius 1 is 1.12 bits per heavy atom. The van der Waals surface area contributed by atoms with Crippen LogP contribution in [0.2, 0.25) is 0 Å². The Morgan fingerprint density at radius 2 is 1.97 bits per heavy atom. The van der Waals surface area contributed by atoms with Crippen molar-refractivity contribution in [2.24, 2.45) is 0 Å². The van der Waals surface area contributed by atoms with Gasteiger partial charge < -0.3 is 25.7 Å². The molecule has 0 bridgehead atoms. The molecule has 4 rings (SSSR count). The molecule has 0 saturated heterocycles. The highest BCUT2D eigenvalue weighted by molar-refractivity contribution is 5.97. The summed E-state index contributed by atoms with van der Waals surface area (Å²) in [6.45, 7) is 7.06. The summed E-state index contributed by atoms with van der Waals surface area (Å²) in [6.07, 6.45) is 3.86. The molecule has 0 unspecified atom stereocenters. The molecule has 9 heteroatoms. The van der Waals surface area contributed by atoms with Gasteiger partial charge in [0.15, 0.2) is 0 Å². The third-order valence-electron chi connectivity index (χ3n) is 5.03. The number of aromatic amines is 1. The molecule has 0 aromatic carbocycles. The van der Waals surface area contributed by atoms with E-state index in [0.717, 1.165) is 34.6 Å². The quantitative estimate of drug-likeness (QED) is 0.429. The average Bonchev–Trinajstić information content (AvgIpc) is 3.22. The Labute approximate surface area is 192 Å². The fourth-order valence-electron chi connectivity index (χ4n) is 3.52. The van der Waals surface area contributed by atoms with Gasteiger partial charge in [0, 0.05) is 61.0 Å². The van der Waals surface area contributed by atoms with E-state index in [9.17, 15) is 9.59 Å². The summed E-state index contributed by atoms with van der Waals surface area (Å²) in [6, 6.07) is 9.59. The Balaban J connectivity index is 1.37. The number of alkyl carbamates (subject to hydrolysis) is 1. The van der Waals surface area contributed by atoms with Crippen LogP contribution in [0.5, 0.6) is 0 Å². The lowest BCUT2D eigenvalue weighted by atomic mass is 10.1. The molecule has 0 atom stereocenters. The highest BCUT2D eigenvalue weighted by Crippen LogP contribution is 2.27. The highest BCUT2D eigenvalue weighted by atomic mass is 16.6. The Morgan fingerprint density at radius 3 is 2.70 bits per heavy atom. The van der Waals surface area contributed by atoms with Gasteiger partial charge in [-0.25, -0.2) is 9.78 Å². The summed E-state index contributed by atoms with van der Waals surface area (Å²) >= 11 is 0. The van der Waals surface area contributed by atoms with Gasteiger partial charge in [-0.05, 0) is 51.1 Å². The van der Waals surface area contributed by atoms with Crippen LogP contribution in [0.3, 0.4) is 0 Å². The number of nitrogens with one attached hydrogen (secondary N) is 4. The highest BCUT2D eigenvalue weighted by Gasteiger charge is 2.20. The van der Waals surface area contributed by atoms with E-state index in [2.05, 4.69) is 30.9 Å². The van der Waals surface area contributed by atoms with Gasteiger partial charge in [0.25, 0.3) is 5.91 Å². The number of ether oxygens (including phenoxy) is 1. The van der Waals surface area contributed by atoms with Crippen molar-refractivity contribution < 1.29 is 14.3 Å². The molecule has 2 amide bonds. The van der Waals surface area contributed by atoms with E-state index in [1.54, 1.807) is 12.4 Å². The van der Waals surface area contributed by atoms with Crippen LogP contribution < -0.4 is 16.0 Å². The van der Waals surface area contributed by atoms with Crippen molar-refractivity contribution in [3.63, 3.8) is 0 Å². The van der Waals surface area contributed by atoms with Gasteiger partial charge in [0.05, 0.1) is 11.3 Å². The molecule has 3 aromatic heterocycles. The van der Waals surface area contributed by atoms with Crippen molar-refractivity contribution in [2.75, 3.05) is 25.0 Å². The van der Waals surface area contributed by atoms with E-state index >= 15 is 0 Å². The monoisotopic (exact) mass is 448 g/mol. The van der Waals surface area contributed by atoms with E-state index in [-0.39, 0.29) is 5.91 Å². The molecule has 172 valence electrons. The molecule has 1 aliphatic heterocycles. The largest absolute Gasteiger partial charge is 0.444 e. The van der Waals surface area contributed by atoms with Crippen LogP contribution in [0.15, 0.2) is 42.7 Å². The van der Waals surface area contributed by atoms with Crippen LogP contribution in [0.1, 0.15) is 36.8 Å². The normalized spacial score (nSPS) is 13.1. The maximum absolute atomic E-state index is 12.0. The molecule has 0 spiro atoms. The SMILES string of the molecule is CC(C)(C)OC(=O)NCCNc1ccc(-c2cc(-c3cc4c([nH]3)CCNC4=O)ccn2)cn1. The third-order valence-corrected chi connectivity index (χ3v) is 5.03. The Bertz CT molecular complexity index is 1150. The van der Waals surface area contributed by atoms with Crippen LogP contribution in [-0.2, 0) is 11.2 Å². The number of aromatic nitrogens is 3. The van der Waals surface area contributed by atoms with E-state index in [4.69, 9.17) is 4.74 Å². The second-order valence-electron chi connectivity index (χ2n) is 8.80. The van der Waals surface area contributed by atoms with Gasteiger partial charge in [-0.15, -0.1) is 0 Å². The zero-order valence-corrected chi connectivity index (χ0v) is 19.0. The number of carbonyl (C=O) groups excluding carboxylic acids is 2. The smallest absolute Gasteiger partial charge is 0.407 e. The predicted octanol–water partition coefficient (Wildman–Crippen LogP) is 3.36. The second kappa shape index (κ2) is 9.32. The van der Waals surface area contributed by atoms with Crippen molar-refractivity contribution in [2.45, 2.75) is 32.8 Å². The van der Waals surface area contributed by atoms with Crippen LogP contribution in [0.4, 0.5) is 10.6 Å². The van der Waals surface area contributed by atoms with Gasteiger partial charge >= 0.3 is 6.09 Å². The number of pyridine rings is 2. The molecule has 4 N–H and O–H groups in total. The van der Waals surface area contributed by atoms with Crippen molar-refractivity contribution in [3.05, 3.63) is 54.0 Å². The standard InChI is InChI=1S/C24H28N6O3/c1-24(2,3)33-23(32)28-11-10-26-21-5-4-16(14-29-21)19-12-15(6-8-25-19)20-13-17-18(30-20)7-9-27-22(17)31/h4-6,8,12-14,30H,7,9-11H2,1-3H3,(H,26,29)(H,27,31)(H,28,32). The van der Waals surface area contributed by atoms with Gasteiger partial charge in [-0.1, -0.05) is 0 Å². The number of anilines is 1. The summed E-state index contributed by atoms with van der Waals surface area (Å²) in [5.41, 5.74) is 4.66. The molecule has 0 fully saturated rings. The van der Waals surface area contributed by atoms with Gasteiger partial charge in [-0.3, -0.25) is 9.78 Å². The number of carbonyl (C=O) groups is 2. The number of nitrogens with zero attached hydrogens (tertiary/aromatic N) is 2.